The third-order valence-corrected chi connectivity index (χ3v) is 4.85. The number of epoxide rings is 1. The second-order valence-corrected chi connectivity index (χ2v) is 6.87. The molecule has 4 rings (SSSR count). The van der Waals surface area contributed by atoms with E-state index < -0.39 is 51.4 Å². The average Bonchev–Trinajstić information content (AvgIpc) is 3.49. The van der Waals surface area contributed by atoms with Crippen molar-refractivity contribution in [2.24, 2.45) is 0 Å². The fourth-order valence-electron chi connectivity index (χ4n) is 2.94. The van der Waals surface area contributed by atoms with Gasteiger partial charge in [0.1, 0.15) is 11.4 Å². The van der Waals surface area contributed by atoms with Gasteiger partial charge in [0, 0.05) is 18.8 Å². The molecule has 1 aliphatic heterocycles. The maximum Gasteiger partial charge on any atom is 0.341 e. The lowest BCUT2D eigenvalue weighted by molar-refractivity contribution is 0.0695. The van der Waals surface area contributed by atoms with Crippen molar-refractivity contribution < 1.29 is 27.8 Å². The van der Waals surface area contributed by atoms with Crippen LogP contribution in [0.4, 0.5) is 24.7 Å². The quantitative estimate of drug-likeness (QED) is 0.521. The number of fused-ring (bicyclic) bond motifs is 1. The van der Waals surface area contributed by atoms with Crippen LogP contribution in [0.25, 0.3) is 16.7 Å². The van der Waals surface area contributed by atoms with Crippen molar-refractivity contribution in [1.29, 1.82) is 0 Å². The molecule has 1 unspecified atom stereocenters. The second-order valence-electron chi connectivity index (χ2n) is 6.49. The summed E-state index contributed by atoms with van der Waals surface area (Å²) in [5.74, 6) is -6.20. The molecule has 1 aliphatic rings. The molecular weight excluding hydrogens is 429 g/mol. The van der Waals surface area contributed by atoms with Crippen LogP contribution in [0.5, 0.6) is 0 Å². The molecule has 1 atom stereocenters. The van der Waals surface area contributed by atoms with E-state index in [1.165, 1.54) is 0 Å². The van der Waals surface area contributed by atoms with Crippen LogP contribution in [-0.2, 0) is 4.74 Å². The van der Waals surface area contributed by atoms with Gasteiger partial charge in [-0.15, -0.1) is 0 Å². The summed E-state index contributed by atoms with van der Waals surface area (Å²) >= 11 is 6.33. The molecule has 2 aromatic heterocycles. The summed E-state index contributed by atoms with van der Waals surface area (Å²) in [4.78, 5) is 27.7. The monoisotopic (exact) mass is 440 g/mol. The number of benzene rings is 1. The van der Waals surface area contributed by atoms with Gasteiger partial charge >= 0.3 is 5.97 Å². The summed E-state index contributed by atoms with van der Waals surface area (Å²) in [7, 11) is 0. The van der Waals surface area contributed by atoms with Crippen LogP contribution in [0, 0.1) is 17.5 Å². The Morgan fingerprint density at radius 2 is 2.03 bits per heavy atom. The fraction of sp³-hybridized carbons (Fsp3) is 0.167. The number of halogens is 4. The Bertz CT molecular complexity index is 1280. The summed E-state index contributed by atoms with van der Waals surface area (Å²) in [6, 6.07) is 1.23. The van der Waals surface area contributed by atoms with Crippen molar-refractivity contribution in [1.82, 2.24) is 9.55 Å². The zero-order valence-electron chi connectivity index (χ0n) is 14.9. The average molecular weight is 441 g/mol. The van der Waals surface area contributed by atoms with E-state index >= 15 is 0 Å². The predicted molar refractivity (Wildman–Crippen MR) is 102 cm³/mol. The van der Waals surface area contributed by atoms with Crippen LogP contribution < -0.4 is 16.5 Å². The van der Waals surface area contributed by atoms with Crippen molar-refractivity contribution in [2.45, 2.75) is 6.10 Å². The molecule has 12 heteroatoms. The van der Waals surface area contributed by atoms with Gasteiger partial charge in [-0.25, -0.2) is 22.9 Å². The highest BCUT2D eigenvalue weighted by atomic mass is 35.5. The third-order valence-electron chi connectivity index (χ3n) is 4.49. The molecule has 3 aromatic rings. The van der Waals surface area contributed by atoms with Gasteiger partial charge in [-0.05, 0) is 6.07 Å². The van der Waals surface area contributed by atoms with Gasteiger partial charge in [-0.3, -0.25) is 9.36 Å². The molecule has 0 aliphatic carbocycles. The van der Waals surface area contributed by atoms with Crippen molar-refractivity contribution in [3.8, 4) is 5.82 Å². The third kappa shape index (κ3) is 3.31. The SMILES string of the molecule is Nc1nc(-n2cc(C(=O)O)c(=O)c3cc(F)c(NCC4CO4)c(Cl)c32)c(F)cc1F. The topological polar surface area (TPSA) is 123 Å². The van der Waals surface area contributed by atoms with Gasteiger partial charge in [0.2, 0.25) is 5.43 Å². The number of carbonyl (C=O) groups is 1. The van der Waals surface area contributed by atoms with E-state index in [4.69, 9.17) is 22.1 Å². The predicted octanol–water partition coefficient (Wildman–Crippen LogP) is 2.55. The molecule has 30 heavy (non-hydrogen) atoms. The van der Waals surface area contributed by atoms with Gasteiger partial charge in [0.05, 0.1) is 34.3 Å². The standard InChI is InChI=1S/C18H12ClF3N4O4/c19-12-13(24-3-6-5-30-6)9(20)1-7-14(12)26(4-8(15(7)27)18(28)29)17-11(22)2-10(21)16(23)25-17/h1-2,4,6,24H,3,5H2,(H2,23,25)(H,28,29). The Labute approximate surface area is 170 Å². The lowest BCUT2D eigenvalue weighted by Gasteiger charge is -2.17. The zero-order valence-corrected chi connectivity index (χ0v) is 15.6. The Morgan fingerprint density at radius 1 is 1.33 bits per heavy atom. The largest absolute Gasteiger partial charge is 0.477 e. The number of nitrogens with one attached hydrogen (secondary N) is 1. The van der Waals surface area contributed by atoms with Crippen LogP contribution in [0.1, 0.15) is 10.4 Å². The summed E-state index contributed by atoms with van der Waals surface area (Å²) in [6.45, 7) is 0.701. The Kier molecular flexibility index (Phi) is 4.79. The van der Waals surface area contributed by atoms with E-state index in [1.807, 2.05) is 0 Å². The van der Waals surface area contributed by atoms with Crippen LogP contribution in [0.15, 0.2) is 23.1 Å². The summed E-state index contributed by atoms with van der Waals surface area (Å²) in [6.07, 6.45) is 0.636. The molecular formula is C18H12ClF3N4O4. The first-order valence-corrected chi connectivity index (χ1v) is 8.84. The molecule has 156 valence electrons. The first kappa shape index (κ1) is 20.0. The molecule has 0 bridgehead atoms. The lowest BCUT2D eigenvalue weighted by atomic mass is 10.1. The molecule has 0 spiro atoms. The van der Waals surface area contributed by atoms with Crippen molar-refractivity contribution in [3.05, 3.63) is 56.6 Å². The smallest absolute Gasteiger partial charge is 0.341 e. The van der Waals surface area contributed by atoms with Crippen LogP contribution in [0.3, 0.4) is 0 Å². The Hall–Kier alpha value is -3.31. The molecule has 0 radical (unpaired) electrons. The number of pyridine rings is 2. The van der Waals surface area contributed by atoms with Gasteiger partial charge < -0.3 is 20.9 Å². The number of carboxylic acids is 1. The minimum atomic E-state index is -1.64. The first-order valence-electron chi connectivity index (χ1n) is 8.47. The van der Waals surface area contributed by atoms with Crippen molar-refractivity contribution in [2.75, 3.05) is 24.2 Å². The number of carboxylic acid groups (broad SMARTS) is 1. The van der Waals surface area contributed by atoms with E-state index in [0.29, 0.717) is 12.7 Å². The van der Waals surface area contributed by atoms with E-state index in [1.54, 1.807) is 0 Å². The Balaban J connectivity index is 2.08. The number of aromatic nitrogens is 2. The van der Waals surface area contributed by atoms with Crippen LogP contribution >= 0.6 is 11.6 Å². The number of rotatable bonds is 5. The van der Waals surface area contributed by atoms with E-state index in [2.05, 4.69) is 10.3 Å². The molecule has 1 saturated heterocycles. The highest BCUT2D eigenvalue weighted by Crippen LogP contribution is 2.35. The van der Waals surface area contributed by atoms with Crippen molar-refractivity contribution >= 4 is 40.0 Å². The summed E-state index contributed by atoms with van der Waals surface area (Å²) in [5, 5.41) is 11.3. The minimum Gasteiger partial charge on any atom is -0.477 e. The van der Waals surface area contributed by atoms with E-state index in [9.17, 15) is 27.9 Å². The number of nitrogens with zero attached hydrogens (tertiary/aromatic N) is 2. The van der Waals surface area contributed by atoms with Gasteiger partial charge in [0.15, 0.2) is 23.3 Å². The lowest BCUT2D eigenvalue weighted by Crippen LogP contribution is -2.21. The second kappa shape index (κ2) is 7.18. The first-order chi connectivity index (χ1) is 14.2. The number of nitrogens with two attached hydrogens (primary N) is 1. The molecule has 1 fully saturated rings. The number of ether oxygens (including phenoxy) is 1. The maximum absolute atomic E-state index is 14.7. The van der Waals surface area contributed by atoms with Gasteiger partial charge in [0.25, 0.3) is 0 Å². The fourth-order valence-corrected chi connectivity index (χ4v) is 3.29. The number of hydrogen-bond acceptors (Lipinski definition) is 6. The molecule has 8 nitrogen and oxygen atoms in total. The highest BCUT2D eigenvalue weighted by Gasteiger charge is 2.26. The molecule has 0 saturated carbocycles. The normalized spacial score (nSPS) is 15.4. The van der Waals surface area contributed by atoms with E-state index in [-0.39, 0.29) is 28.9 Å². The minimum absolute atomic E-state index is 0.135. The Morgan fingerprint density at radius 3 is 2.67 bits per heavy atom. The number of anilines is 2. The number of nitrogen functional groups attached to an aromatic ring is 1. The maximum atomic E-state index is 14.7. The summed E-state index contributed by atoms with van der Waals surface area (Å²) in [5.41, 5.74) is 3.14. The van der Waals surface area contributed by atoms with Gasteiger partial charge in [-0.1, -0.05) is 11.6 Å². The number of hydrogen-bond donors (Lipinski definition) is 3. The van der Waals surface area contributed by atoms with E-state index in [0.717, 1.165) is 16.8 Å². The molecule has 0 amide bonds. The summed E-state index contributed by atoms with van der Waals surface area (Å²) < 4.78 is 48.6. The van der Waals surface area contributed by atoms with Crippen molar-refractivity contribution in [3.63, 3.8) is 0 Å². The van der Waals surface area contributed by atoms with Crippen LogP contribution in [-0.4, -0.2) is 39.9 Å². The van der Waals surface area contributed by atoms with Crippen LogP contribution in [0.2, 0.25) is 5.02 Å². The zero-order chi connectivity index (χ0) is 21.7. The highest BCUT2D eigenvalue weighted by molar-refractivity contribution is 6.38. The molecule has 3 heterocycles. The molecule has 4 N–H and O–H groups in total. The molecule has 1 aromatic carbocycles. The van der Waals surface area contributed by atoms with Gasteiger partial charge in [-0.2, -0.15) is 0 Å². The number of aromatic carboxylic acids is 1.